The maximum absolute atomic E-state index is 12.4. The molecule has 2 aromatic rings. The first-order chi connectivity index (χ1) is 14.6. The second-order valence-corrected chi connectivity index (χ2v) is 7.04. The summed E-state index contributed by atoms with van der Waals surface area (Å²) in [6.45, 7) is 6.51. The normalized spacial score (nSPS) is 15.7. The minimum atomic E-state index is -0.940. The van der Waals surface area contributed by atoms with Crippen LogP contribution in [-0.2, 0) is 19.1 Å². The van der Waals surface area contributed by atoms with Gasteiger partial charge in [-0.25, -0.2) is 4.79 Å². The van der Waals surface area contributed by atoms with E-state index in [0.29, 0.717) is 31.1 Å². The molecule has 160 valence electrons. The highest BCUT2D eigenvalue weighted by Gasteiger charge is 2.25. The molecule has 0 spiro atoms. The molecule has 7 nitrogen and oxygen atoms in total. The molecular weight excluding hydrogens is 384 g/mol. The van der Waals surface area contributed by atoms with E-state index in [9.17, 15) is 9.59 Å². The first kappa shape index (κ1) is 21.6. The van der Waals surface area contributed by atoms with E-state index in [1.165, 1.54) is 0 Å². The van der Waals surface area contributed by atoms with Crippen LogP contribution in [-0.4, -0.2) is 50.4 Å². The molecule has 0 saturated carbocycles. The highest BCUT2D eigenvalue weighted by Crippen LogP contribution is 2.19. The van der Waals surface area contributed by atoms with Gasteiger partial charge < -0.3 is 24.4 Å². The number of para-hydroxylation sites is 1. The number of hydrogen-bond donors (Lipinski definition) is 1. The number of benzene rings is 2. The van der Waals surface area contributed by atoms with Crippen molar-refractivity contribution in [1.82, 2.24) is 0 Å². The van der Waals surface area contributed by atoms with Gasteiger partial charge in [-0.2, -0.15) is 0 Å². The highest BCUT2D eigenvalue weighted by molar-refractivity contribution is 5.95. The molecule has 30 heavy (non-hydrogen) atoms. The minimum absolute atomic E-state index is 0.392. The SMILES string of the molecule is CC[C@@H](Oc1ccccc1)C(=O)O[C@@H](C)C(=O)Nc1ccc(N2CCOCC2)cc1. The number of nitrogens with one attached hydrogen (secondary N) is 1. The van der Waals surface area contributed by atoms with Gasteiger partial charge in [0, 0.05) is 24.5 Å². The van der Waals surface area contributed by atoms with Crippen molar-refractivity contribution in [3.05, 3.63) is 54.6 Å². The largest absolute Gasteiger partial charge is 0.479 e. The molecule has 1 aliphatic rings. The quantitative estimate of drug-likeness (QED) is 0.671. The summed E-state index contributed by atoms with van der Waals surface area (Å²) in [5, 5.41) is 2.78. The molecule has 0 aliphatic carbocycles. The zero-order valence-corrected chi connectivity index (χ0v) is 17.4. The van der Waals surface area contributed by atoms with Crippen molar-refractivity contribution < 1.29 is 23.8 Å². The number of esters is 1. The monoisotopic (exact) mass is 412 g/mol. The molecule has 7 heteroatoms. The molecule has 1 heterocycles. The van der Waals surface area contributed by atoms with Gasteiger partial charge in [0.05, 0.1) is 13.2 Å². The molecule has 0 aromatic heterocycles. The van der Waals surface area contributed by atoms with Crippen molar-refractivity contribution in [2.75, 3.05) is 36.5 Å². The molecule has 0 bridgehead atoms. The van der Waals surface area contributed by atoms with Gasteiger partial charge in [0.15, 0.2) is 12.2 Å². The third-order valence-electron chi connectivity index (χ3n) is 4.83. The molecule has 1 aliphatic heterocycles. The van der Waals surface area contributed by atoms with Crippen molar-refractivity contribution in [2.24, 2.45) is 0 Å². The third-order valence-corrected chi connectivity index (χ3v) is 4.83. The lowest BCUT2D eigenvalue weighted by Gasteiger charge is -2.29. The van der Waals surface area contributed by atoms with Crippen molar-refractivity contribution in [3.63, 3.8) is 0 Å². The van der Waals surface area contributed by atoms with Gasteiger partial charge in [-0.15, -0.1) is 0 Å². The van der Waals surface area contributed by atoms with Crippen LogP contribution >= 0.6 is 0 Å². The zero-order chi connectivity index (χ0) is 21.3. The number of amides is 1. The van der Waals surface area contributed by atoms with E-state index in [1.54, 1.807) is 19.1 Å². The summed E-state index contributed by atoms with van der Waals surface area (Å²) in [6.07, 6.45) is -1.27. The average molecular weight is 412 g/mol. The van der Waals surface area contributed by atoms with Crippen LogP contribution in [0.1, 0.15) is 20.3 Å². The lowest BCUT2D eigenvalue weighted by molar-refractivity contribution is -0.160. The standard InChI is InChI=1S/C23H28N2O5/c1-3-21(30-20-7-5-4-6-8-20)23(27)29-17(2)22(26)24-18-9-11-19(12-10-18)25-13-15-28-16-14-25/h4-12,17,21H,3,13-16H2,1-2H3,(H,24,26)/t17-,21+/m0/s1. The van der Waals surface area contributed by atoms with Crippen molar-refractivity contribution >= 4 is 23.3 Å². The van der Waals surface area contributed by atoms with E-state index in [0.717, 1.165) is 18.8 Å². The molecule has 0 unspecified atom stereocenters. The van der Waals surface area contributed by atoms with E-state index in [-0.39, 0.29) is 0 Å². The number of anilines is 2. The fraction of sp³-hybridized carbons (Fsp3) is 0.391. The molecule has 0 radical (unpaired) electrons. The lowest BCUT2D eigenvalue weighted by atomic mass is 10.2. The van der Waals surface area contributed by atoms with Crippen molar-refractivity contribution in [3.8, 4) is 5.75 Å². The van der Waals surface area contributed by atoms with Crippen molar-refractivity contribution in [1.29, 1.82) is 0 Å². The van der Waals surface area contributed by atoms with Gasteiger partial charge in [-0.05, 0) is 49.7 Å². The topological polar surface area (TPSA) is 77.1 Å². The van der Waals surface area contributed by atoms with Gasteiger partial charge in [0.2, 0.25) is 0 Å². The Bertz CT molecular complexity index is 819. The van der Waals surface area contributed by atoms with Gasteiger partial charge in [0.1, 0.15) is 5.75 Å². The number of carbonyl (C=O) groups is 2. The molecule has 1 fully saturated rings. The smallest absolute Gasteiger partial charge is 0.348 e. The van der Waals surface area contributed by atoms with Crippen LogP contribution in [0, 0.1) is 0 Å². The molecule has 1 amide bonds. The van der Waals surface area contributed by atoms with E-state index < -0.39 is 24.1 Å². The molecule has 3 rings (SSSR count). The van der Waals surface area contributed by atoms with Crippen LogP contribution in [0.2, 0.25) is 0 Å². The summed E-state index contributed by atoms with van der Waals surface area (Å²) in [4.78, 5) is 27.1. The molecular formula is C23H28N2O5. The minimum Gasteiger partial charge on any atom is -0.479 e. The van der Waals surface area contributed by atoms with Gasteiger partial charge in [0.25, 0.3) is 5.91 Å². The first-order valence-electron chi connectivity index (χ1n) is 10.2. The Morgan fingerprint density at radius 2 is 1.73 bits per heavy atom. The summed E-state index contributed by atoms with van der Waals surface area (Å²) in [6, 6.07) is 16.7. The van der Waals surface area contributed by atoms with E-state index >= 15 is 0 Å². The molecule has 1 N–H and O–H groups in total. The number of carbonyl (C=O) groups excluding carboxylic acids is 2. The fourth-order valence-electron chi connectivity index (χ4n) is 3.09. The third kappa shape index (κ3) is 5.97. The lowest BCUT2D eigenvalue weighted by Crippen LogP contribution is -2.36. The summed E-state index contributed by atoms with van der Waals surface area (Å²) in [5.74, 6) is -0.373. The van der Waals surface area contributed by atoms with Crippen LogP contribution in [0.15, 0.2) is 54.6 Å². The fourth-order valence-corrected chi connectivity index (χ4v) is 3.09. The van der Waals surface area contributed by atoms with Crippen LogP contribution < -0.4 is 15.0 Å². The van der Waals surface area contributed by atoms with Crippen LogP contribution in [0.25, 0.3) is 0 Å². The number of morpholine rings is 1. The molecule has 1 saturated heterocycles. The Balaban J connectivity index is 1.51. The second-order valence-electron chi connectivity index (χ2n) is 7.04. The van der Waals surface area contributed by atoms with Gasteiger partial charge >= 0.3 is 5.97 Å². The van der Waals surface area contributed by atoms with Gasteiger partial charge in [-0.1, -0.05) is 25.1 Å². The van der Waals surface area contributed by atoms with E-state index in [4.69, 9.17) is 14.2 Å². The predicted molar refractivity (Wildman–Crippen MR) is 115 cm³/mol. The second kappa shape index (κ2) is 10.6. The Labute approximate surface area is 176 Å². The summed E-state index contributed by atoms with van der Waals surface area (Å²) in [7, 11) is 0. The average Bonchev–Trinajstić information content (AvgIpc) is 2.79. The number of rotatable bonds is 8. The molecule has 2 aromatic carbocycles. The number of hydrogen-bond acceptors (Lipinski definition) is 6. The predicted octanol–water partition coefficient (Wildman–Crippen LogP) is 3.25. The summed E-state index contributed by atoms with van der Waals surface area (Å²) < 4.78 is 16.4. The number of ether oxygens (including phenoxy) is 3. The van der Waals surface area contributed by atoms with Crippen LogP contribution in [0.5, 0.6) is 5.75 Å². The zero-order valence-electron chi connectivity index (χ0n) is 17.4. The van der Waals surface area contributed by atoms with Crippen molar-refractivity contribution in [2.45, 2.75) is 32.5 Å². The van der Waals surface area contributed by atoms with Crippen LogP contribution in [0.3, 0.4) is 0 Å². The van der Waals surface area contributed by atoms with Gasteiger partial charge in [-0.3, -0.25) is 4.79 Å². The summed E-state index contributed by atoms with van der Waals surface area (Å²) >= 11 is 0. The highest BCUT2D eigenvalue weighted by atomic mass is 16.6. The number of nitrogens with zero attached hydrogens (tertiary/aromatic N) is 1. The Morgan fingerprint density at radius 1 is 1.07 bits per heavy atom. The maximum Gasteiger partial charge on any atom is 0.348 e. The Morgan fingerprint density at radius 3 is 2.37 bits per heavy atom. The first-order valence-corrected chi connectivity index (χ1v) is 10.2. The maximum atomic E-state index is 12.4. The van der Waals surface area contributed by atoms with Crippen LogP contribution in [0.4, 0.5) is 11.4 Å². The van der Waals surface area contributed by atoms with E-state index in [1.807, 2.05) is 49.4 Å². The Kier molecular flexibility index (Phi) is 7.68. The molecule has 2 atom stereocenters. The summed E-state index contributed by atoms with van der Waals surface area (Å²) in [5.41, 5.74) is 1.73. The van der Waals surface area contributed by atoms with E-state index in [2.05, 4.69) is 10.2 Å². The Hall–Kier alpha value is -3.06.